The third-order valence-electron chi connectivity index (χ3n) is 4.70. The van der Waals surface area contributed by atoms with Gasteiger partial charge in [0.05, 0.1) is 38.1 Å². The summed E-state index contributed by atoms with van der Waals surface area (Å²) in [6.45, 7) is -0.615. The molecule has 1 aliphatic heterocycles. The Morgan fingerprint density at radius 1 is 1.33 bits per heavy atom. The van der Waals surface area contributed by atoms with Crippen LogP contribution in [-0.2, 0) is 11.3 Å². The van der Waals surface area contributed by atoms with E-state index < -0.39 is 53.1 Å². The third kappa shape index (κ3) is 4.40. The molecule has 2 aromatic rings. The largest absolute Gasteiger partial charge is 0.496 e. The highest BCUT2D eigenvalue weighted by molar-refractivity contribution is 5.97. The number of nitrogens with one attached hydrogen (secondary N) is 2. The maximum atomic E-state index is 13.5. The number of benzene rings is 1. The monoisotopic (exact) mass is 427 g/mol. The first-order chi connectivity index (χ1) is 14.2. The van der Waals surface area contributed by atoms with E-state index in [9.17, 15) is 33.4 Å². The first kappa shape index (κ1) is 21.6. The van der Waals surface area contributed by atoms with Crippen molar-refractivity contribution in [2.75, 3.05) is 13.7 Å². The van der Waals surface area contributed by atoms with Gasteiger partial charge in [0.15, 0.2) is 0 Å². The molecule has 1 aromatic heterocycles. The molecule has 2 heterocycles. The highest BCUT2D eigenvalue weighted by atomic mass is 19.1. The summed E-state index contributed by atoms with van der Waals surface area (Å²) >= 11 is 0. The quantitative estimate of drug-likeness (QED) is 0.467. The molecule has 162 valence electrons. The van der Waals surface area contributed by atoms with Gasteiger partial charge in [-0.3, -0.25) is 19.1 Å². The van der Waals surface area contributed by atoms with E-state index >= 15 is 0 Å². The minimum absolute atomic E-state index is 0.109. The number of hydrogen-bond donors (Lipinski definition) is 4. The van der Waals surface area contributed by atoms with Crippen molar-refractivity contribution in [3.63, 3.8) is 0 Å². The van der Waals surface area contributed by atoms with Crippen LogP contribution in [0.2, 0.25) is 0 Å². The number of nitrogens with zero attached hydrogens (tertiary/aromatic N) is 1. The van der Waals surface area contributed by atoms with Crippen molar-refractivity contribution in [3.05, 3.63) is 62.4 Å². The zero-order valence-electron chi connectivity index (χ0n) is 15.7. The van der Waals surface area contributed by atoms with Gasteiger partial charge in [-0.25, -0.2) is 9.18 Å². The molecule has 0 aliphatic carbocycles. The summed E-state index contributed by atoms with van der Waals surface area (Å²) in [4.78, 5) is 37.1. The Balaban J connectivity index is 1.70. The molecule has 0 spiro atoms. The number of halogens is 2. The van der Waals surface area contributed by atoms with Crippen LogP contribution in [0.15, 0.2) is 34.0 Å². The molecule has 0 unspecified atom stereocenters. The summed E-state index contributed by atoms with van der Waals surface area (Å²) in [7, 11) is 1.30. The van der Waals surface area contributed by atoms with Gasteiger partial charge in [-0.2, -0.15) is 4.39 Å². The van der Waals surface area contributed by atoms with Gasteiger partial charge in [0.25, 0.3) is 11.5 Å². The maximum absolute atomic E-state index is 13.5. The van der Waals surface area contributed by atoms with E-state index in [0.717, 1.165) is 16.7 Å². The topological polar surface area (TPSA) is 143 Å². The number of rotatable bonds is 5. The highest BCUT2D eigenvalue weighted by Crippen LogP contribution is 2.21. The fourth-order valence-corrected chi connectivity index (χ4v) is 3.09. The van der Waals surface area contributed by atoms with Gasteiger partial charge in [0, 0.05) is 0 Å². The number of methoxy groups -OCH3 is 1. The summed E-state index contributed by atoms with van der Waals surface area (Å²) in [6, 6.07) is 2.29. The summed E-state index contributed by atoms with van der Waals surface area (Å²) in [5, 5.41) is 23.1. The van der Waals surface area contributed by atoms with Crippen molar-refractivity contribution in [1.29, 1.82) is 0 Å². The Kier molecular flexibility index (Phi) is 6.29. The van der Waals surface area contributed by atoms with Crippen LogP contribution in [0.4, 0.5) is 8.78 Å². The molecule has 10 nitrogen and oxygen atoms in total. The molecule has 3 rings (SSSR count). The highest BCUT2D eigenvalue weighted by Gasteiger charge is 2.39. The lowest BCUT2D eigenvalue weighted by atomic mass is 9.97. The van der Waals surface area contributed by atoms with Crippen molar-refractivity contribution >= 4 is 5.91 Å². The van der Waals surface area contributed by atoms with Gasteiger partial charge >= 0.3 is 5.69 Å². The fourth-order valence-electron chi connectivity index (χ4n) is 3.09. The van der Waals surface area contributed by atoms with Gasteiger partial charge in [-0.05, 0) is 18.2 Å². The molecule has 0 radical (unpaired) electrons. The van der Waals surface area contributed by atoms with Crippen LogP contribution < -0.4 is 21.3 Å². The summed E-state index contributed by atoms with van der Waals surface area (Å²) < 4.78 is 38.1. The standard InChI is InChI=1S/C18H19F2N3O7/c1-29-12-3-2-8(19)4-9(12)16(26)21-11-7-30-13(15(25)14(11)24)6-23-5-10(20)17(27)22-18(23)28/h2-5,11,13-15,24-25H,6-7H2,1H3,(H,21,26)(H,22,27,28)/t11-,13-,14+,15-/m1/s1. The summed E-state index contributed by atoms with van der Waals surface area (Å²) in [5.41, 5.74) is -2.21. The Bertz CT molecular complexity index is 1050. The van der Waals surface area contributed by atoms with Crippen LogP contribution in [-0.4, -0.2) is 63.7 Å². The number of aliphatic hydroxyl groups excluding tert-OH is 2. The van der Waals surface area contributed by atoms with Crippen LogP contribution in [0.25, 0.3) is 0 Å². The second-order valence-corrected chi connectivity index (χ2v) is 6.67. The molecule has 1 saturated heterocycles. The molecule has 1 aromatic carbocycles. The second kappa shape index (κ2) is 8.73. The Labute approximate surface area is 167 Å². The normalized spacial score (nSPS) is 23.8. The Morgan fingerprint density at radius 2 is 2.07 bits per heavy atom. The molecule has 0 bridgehead atoms. The molecule has 0 saturated carbocycles. The average Bonchev–Trinajstić information content (AvgIpc) is 2.71. The first-order valence-electron chi connectivity index (χ1n) is 8.82. The Morgan fingerprint density at radius 3 is 2.77 bits per heavy atom. The number of carbonyl (C=O) groups excluding carboxylic acids is 1. The van der Waals surface area contributed by atoms with Gasteiger partial charge in [0.2, 0.25) is 5.82 Å². The maximum Gasteiger partial charge on any atom is 0.328 e. The number of hydrogen-bond acceptors (Lipinski definition) is 7. The zero-order valence-corrected chi connectivity index (χ0v) is 15.7. The average molecular weight is 427 g/mol. The fraction of sp³-hybridized carbons (Fsp3) is 0.389. The molecule has 1 aliphatic rings. The van der Waals surface area contributed by atoms with E-state index in [1.807, 2.05) is 0 Å². The first-order valence-corrected chi connectivity index (χ1v) is 8.82. The number of ether oxygens (including phenoxy) is 2. The molecular formula is C18H19F2N3O7. The zero-order chi connectivity index (χ0) is 22.0. The van der Waals surface area contributed by atoms with Gasteiger partial charge in [0.1, 0.15) is 29.9 Å². The van der Waals surface area contributed by atoms with E-state index in [-0.39, 0.29) is 24.5 Å². The third-order valence-corrected chi connectivity index (χ3v) is 4.70. The van der Waals surface area contributed by atoms with Crippen molar-refractivity contribution in [3.8, 4) is 5.75 Å². The lowest BCUT2D eigenvalue weighted by Crippen LogP contribution is -2.60. The van der Waals surface area contributed by atoms with Gasteiger partial charge in [-0.15, -0.1) is 0 Å². The minimum atomic E-state index is -1.56. The molecule has 4 atom stereocenters. The van der Waals surface area contributed by atoms with E-state index in [2.05, 4.69) is 5.32 Å². The van der Waals surface area contributed by atoms with E-state index in [1.54, 1.807) is 4.98 Å². The van der Waals surface area contributed by atoms with Crippen LogP contribution in [0.1, 0.15) is 10.4 Å². The van der Waals surface area contributed by atoms with Crippen LogP contribution in [0, 0.1) is 11.6 Å². The number of aliphatic hydroxyl groups is 2. The number of carbonyl (C=O) groups is 1. The molecular weight excluding hydrogens is 408 g/mol. The second-order valence-electron chi connectivity index (χ2n) is 6.67. The number of H-pyrrole nitrogens is 1. The predicted molar refractivity (Wildman–Crippen MR) is 97.2 cm³/mol. The number of aromatic nitrogens is 2. The summed E-state index contributed by atoms with van der Waals surface area (Å²) in [6.07, 6.45) is -3.52. The smallest absolute Gasteiger partial charge is 0.328 e. The molecule has 1 amide bonds. The van der Waals surface area contributed by atoms with E-state index in [0.29, 0.717) is 6.20 Å². The number of amides is 1. The predicted octanol–water partition coefficient (Wildman–Crippen LogP) is -1.26. The minimum Gasteiger partial charge on any atom is -0.496 e. The lowest BCUT2D eigenvalue weighted by molar-refractivity contribution is -0.152. The number of aromatic amines is 1. The van der Waals surface area contributed by atoms with Crippen LogP contribution in [0.3, 0.4) is 0 Å². The lowest BCUT2D eigenvalue weighted by Gasteiger charge is -2.38. The van der Waals surface area contributed by atoms with Crippen molar-refractivity contribution in [2.24, 2.45) is 0 Å². The Hall–Kier alpha value is -3.09. The van der Waals surface area contributed by atoms with Crippen LogP contribution >= 0.6 is 0 Å². The van der Waals surface area contributed by atoms with Gasteiger partial charge in [-0.1, -0.05) is 0 Å². The van der Waals surface area contributed by atoms with E-state index in [1.165, 1.54) is 13.2 Å². The van der Waals surface area contributed by atoms with Crippen molar-refractivity contribution in [1.82, 2.24) is 14.9 Å². The molecule has 30 heavy (non-hydrogen) atoms. The van der Waals surface area contributed by atoms with Gasteiger partial charge < -0.3 is 25.0 Å². The summed E-state index contributed by atoms with van der Waals surface area (Å²) in [5.74, 6) is -2.52. The van der Waals surface area contributed by atoms with Crippen molar-refractivity contribution in [2.45, 2.75) is 30.9 Å². The molecule has 1 fully saturated rings. The van der Waals surface area contributed by atoms with E-state index in [4.69, 9.17) is 9.47 Å². The SMILES string of the molecule is COc1ccc(F)cc1C(=O)N[C@@H]1CO[C@H](Cn2cc(F)c(=O)[nH]c2=O)[C@@H](O)[C@H]1O. The molecule has 4 N–H and O–H groups in total. The van der Waals surface area contributed by atoms with Crippen LogP contribution in [0.5, 0.6) is 5.75 Å². The van der Waals surface area contributed by atoms with Crippen molar-refractivity contribution < 1.29 is 33.3 Å². The molecule has 12 heteroatoms.